The molecule has 0 atom stereocenters. The molecule has 2 aliphatic rings. The van der Waals surface area contributed by atoms with Gasteiger partial charge in [0.2, 0.25) is 0 Å². The van der Waals surface area contributed by atoms with Crippen molar-refractivity contribution in [3.05, 3.63) is 21.3 Å². The summed E-state index contributed by atoms with van der Waals surface area (Å²) in [5.74, 6) is 0. The van der Waals surface area contributed by atoms with Gasteiger partial charge < -0.3 is 15.8 Å². The molecule has 2 fully saturated rings. The van der Waals surface area contributed by atoms with Crippen LogP contribution in [0.4, 0.5) is 11.4 Å². The highest BCUT2D eigenvalue weighted by Gasteiger charge is 2.38. The van der Waals surface area contributed by atoms with Crippen LogP contribution in [0.5, 0.6) is 0 Å². The lowest BCUT2D eigenvalue weighted by Gasteiger charge is -2.48. The van der Waals surface area contributed by atoms with Gasteiger partial charge in [-0.1, -0.05) is 6.92 Å². The van der Waals surface area contributed by atoms with Gasteiger partial charge in [-0.25, -0.2) is 0 Å². The lowest BCUT2D eigenvalue weighted by molar-refractivity contribution is -0.0277. The molecule has 3 rings (SSSR count). The zero-order valence-electron chi connectivity index (χ0n) is 17.2. The van der Waals surface area contributed by atoms with E-state index in [4.69, 9.17) is 10.5 Å². The van der Waals surface area contributed by atoms with E-state index in [9.17, 15) is 0 Å². The molecule has 5 heteroatoms. The summed E-state index contributed by atoms with van der Waals surface area (Å²) in [5, 5.41) is 3.71. The maximum absolute atomic E-state index is 6.23. The molecule has 1 aliphatic carbocycles. The molecule has 3 N–H and O–H groups in total. The largest absolute Gasteiger partial charge is 0.397 e. The van der Waals surface area contributed by atoms with Crippen molar-refractivity contribution in [2.75, 3.05) is 30.7 Å². The fourth-order valence-corrected chi connectivity index (χ4v) is 5.06. The first kappa shape index (κ1) is 21.2. The van der Waals surface area contributed by atoms with Crippen LogP contribution in [0.15, 0.2) is 12.1 Å². The van der Waals surface area contributed by atoms with E-state index in [1.807, 2.05) is 0 Å². The van der Waals surface area contributed by atoms with Gasteiger partial charge in [0, 0.05) is 34.8 Å². The van der Waals surface area contributed by atoms with Crippen LogP contribution in [0, 0.1) is 10.5 Å². The minimum Gasteiger partial charge on any atom is -0.397 e. The Morgan fingerprint density at radius 1 is 1.22 bits per heavy atom. The number of aryl methyl sites for hydroxylation is 1. The van der Waals surface area contributed by atoms with Gasteiger partial charge in [0.15, 0.2) is 0 Å². The zero-order valence-corrected chi connectivity index (χ0v) is 19.3. The molecule has 4 nitrogen and oxygen atoms in total. The van der Waals surface area contributed by atoms with E-state index < -0.39 is 0 Å². The Bertz CT molecular complexity index is 620. The molecule has 1 aromatic carbocycles. The van der Waals surface area contributed by atoms with E-state index in [1.165, 1.54) is 60.7 Å². The van der Waals surface area contributed by atoms with Gasteiger partial charge in [0.05, 0.1) is 17.5 Å². The fraction of sp³-hybridized carbons (Fsp3) is 0.727. The van der Waals surface area contributed by atoms with E-state index >= 15 is 0 Å². The molecule has 0 bridgehead atoms. The van der Waals surface area contributed by atoms with E-state index in [1.54, 1.807) is 0 Å². The normalized spacial score (nSPS) is 27.6. The predicted octanol–water partition coefficient (Wildman–Crippen LogP) is 5.19. The van der Waals surface area contributed by atoms with E-state index in [0.717, 1.165) is 24.4 Å². The number of nitrogens with one attached hydrogen (secondary N) is 1. The highest BCUT2D eigenvalue weighted by atomic mass is 127. The highest BCUT2D eigenvalue weighted by molar-refractivity contribution is 14.1. The van der Waals surface area contributed by atoms with E-state index in [2.05, 4.69) is 65.7 Å². The third-order valence-electron chi connectivity index (χ3n) is 6.52. The monoisotopic (exact) mass is 485 g/mol. The molecule has 1 saturated heterocycles. The minimum atomic E-state index is 0.356. The number of piperidine rings is 1. The van der Waals surface area contributed by atoms with Gasteiger partial charge >= 0.3 is 0 Å². The van der Waals surface area contributed by atoms with Crippen LogP contribution < -0.4 is 11.1 Å². The number of ether oxygens (including phenoxy) is 1. The third kappa shape index (κ3) is 5.30. The van der Waals surface area contributed by atoms with Crippen LogP contribution in [0.1, 0.15) is 64.4 Å². The number of nitrogens with two attached hydrogens (primary N) is 1. The summed E-state index contributed by atoms with van der Waals surface area (Å²) < 4.78 is 7.26. The van der Waals surface area contributed by atoms with Crippen LogP contribution in [0.2, 0.25) is 0 Å². The summed E-state index contributed by atoms with van der Waals surface area (Å²) >= 11 is 2.39. The van der Waals surface area contributed by atoms with Crippen molar-refractivity contribution in [3.8, 4) is 0 Å². The average Bonchev–Trinajstić information content (AvgIpc) is 2.66. The third-order valence-corrected chi connectivity index (χ3v) is 7.68. The van der Waals surface area contributed by atoms with E-state index in [-0.39, 0.29) is 0 Å². The molecule has 1 saturated carbocycles. The topological polar surface area (TPSA) is 50.5 Å². The van der Waals surface area contributed by atoms with Gasteiger partial charge in [0.25, 0.3) is 0 Å². The summed E-state index contributed by atoms with van der Waals surface area (Å²) in [6.45, 7) is 10.0. The number of likely N-dealkylation sites (tertiary alicyclic amines) is 1. The summed E-state index contributed by atoms with van der Waals surface area (Å²) in [6, 6.07) is 4.80. The number of anilines is 2. The molecular weight excluding hydrogens is 449 g/mol. The van der Waals surface area contributed by atoms with Crippen molar-refractivity contribution in [1.29, 1.82) is 0 Å². The lowest BCUT2D eigenvalue weighted by Crippen LogP contribution is -2.53. The zero-order chi connectivity index (χ0) is 19.4. The molecule has 0 aromatic heterocycles. The summed E-state index contributed by atoms with van der Waals surface area (Å²) in [5.41, 5.74) is 9.81. The number of nitrogen functional groups attached to an aromatic ring is 1. The first-order valence-electron chi connectivity index (χ1n) is 10.6. The Hall–Kier alpha value is -0.530. The quantitative estimate of drug-likeness (QED) is 0.431. The molecule has 0 amide bonds. The van der Waals surface area contributed by atoms with Gasteiger partial charge in [-0.05, 0) is 99.1 Å². The molecule has 1 aliphatic heterocycles. The van der Waals surface area contributed by atoms with Crippen LogP contribution in [-0.4, -0.2) is 42.3 Å². The average molecular weight is 485 g/mol. The second kappa shape index (κ2) is 9.31. The Labute approximate surface area is 178 Å². The summed E-state index contributed by atoms with van der Waals surface area (Å²) in [7, 11) is 0. The Morgan fingerprint density at radius 3 is 2.52 bits per heavy atom. The van der Waals surface area contributed by atoms with Gasteiger partial charge in [-0.2, -0.15) is 0 Å². The highest BCUT2D eigenvalue weighted by Crippen LogP contribution is 2.37. The van der Waals surface area contributed by atoms with Crippen LogP contribution in [-0.2, 0) is 4.74 Å². The predicted molar refractivity (Wildman–Crippen MR) is 123 cm³/mol. The molecule has 27 heavy (non-hydrogen) atoms. The SMILES string of the molecule is CCCOC1CCC(C)(N2CCC(Nc3cc(I)c(C)cc3N)CC2)CC1. The second-order valence-corrected chi connectivity index (χ2v) is 9.82. The number of hydrogen-bond donors (Lipinski definition) is 2. The molecule has 0 unspecified atom stereocenters. The molecule has 0 spiro atoms. The van der Waals surface area contributed by atoms with Crippen LogP contribution >= 0.6 is 22.6 Å². The fourth-order valence-electron chi connectivity index (χ4n) is 4.59. The number of benzene rings is 1. The van der Waals surface area contributed by atoms with Gasteiger partial charge in [-0.15, -0.1) is 0 Å². The molecule has 1 aromatic rings. The van der Waals surface area contributed by atoms with Gasteiger partial charge in [0.1, 0.15) is 0 Å². The van der Waals surface area contributed by atoms with Crippen molar-refractivity contribution in [2.45, 2.75) is 83.4 Å². The number of hydrogen-bond acceptors (Lipinski definition) is 4. The second-order valence-electron chi connectivity index (χ2n) is 8.66. The Kier molecular flexibility index (Phi) is 7.31. The van der Waals surface area contributed by atoms with Crippen LogP contribution in [0.3, 0.4) is 0 Å². The van der Waals surface area contributed by atoms with Gasteiger partial charge in [-0.3, -0.25) is 4.90 Å². The molecule has 1 heterocycles. The van der Waals surface area contributed by atoms with Crippen molar-refractivity contribution in [3.63, 3.8) is 0 Å². The smallest absolute Gasteiger partial charge is 0.0586 e. The minimum absolute atomic E-state index is 0.356. The number of rotatable bonds is 6. The first-order valence-corrected chi connectivity index (χ1v) is 11.7. The first-order chi connectivity index (χ1) is 12.9. The summed E-state index contributed by atoms with van der Waals surface area (Å²) in [4.78, 5) is 2.74. The number of nitrogens with zero attached hydrogens (tertiary/aromatic N) is 1. The van der Waals surface area contributed by atoms with Crippen LogP contribution in [0.25, 0.3) is 0 Å². The van der Waals surface area contributed by atoms with Crippen molar-refractivity contribution < 1.29 is 4.74 Å². The van der Waals surface area contributed by atoms with Crippen molar-refractivity contribution >= 4 is 34.0 Å². The van der Waals surface area contributed by atoms with E-state index in [0.29, 0.717) is 17.7 Å². The van der Waals surface area contributed by atoms with Crippen molar-refractivity contribution in [2.24, 2.45) is 0 Å². The Balaban J connectivity index is 1.50. The summed E-state index contributed by atoms with van der Waals surface area (Å²) in [6.07, 6.45) is 8.96. The molecule has 0 radical (unpaired) electrons. The standard InChI is InChI=1S/C22H36IN3O/c1-4-13-27-18-5-9-22(3,10-6-18)26-11-7-17(8-12-26)25-21-15-19(23)16(2)14-20(21)24/h14-15,17-18,25H,4-13,24H2,1-3H3. The molecule has 152 valence electrons. The van der Waals surface area contributed by atoms with Crippen molar-refractivity contribution in [1.82, 2.24) is 4.90 Å². The Morgan fingerprint density at radius 2 is 1.89 bits per heavy atom. The molecular formula is C22H36IN3O. The number of halogens is 1. The maximum atomic E-state index is 6.23. The maximum Gasteiger partial charge on any atom is 0.0586 e. The lowest BCUT2D eigenvalue weighted by atomic mass is 9.79.